The number of anilines is 1. The monoisotopic (exact) mass is 192 g/mol. The van der Waals surface area contributed by atoms with Crippen molar-refractivity contribution < 1.29 is 0 Å². The van der Waals surface area contributed by atoms with Gasteiger partial charge in [0.2, 0.25) is 5.95 Å². The molecule has 1 fully saturated rings. The zero-order chi connectivity index (χ0) is 9.64. The summed E-state index contributed by atoms with van der Waals surface area (Å²) in [6.07, 6.45) is 7.27. The molecular weight excluding hydrogens is 176 g/mol. The molecule has 1 aromatic heterocycles. The molecule has 1 aromatic rings. The molecule has 0 bridgehead atoms. The highest BCUT2D eigenvalue weighted by atomic mass is 15.1. The Balaban J connectivity index is 1.67. The summed E-state index contributed by atoms with van der Waals surface area (Å²) in [5.41, 5.74) is 0. The van der Waals surface area contributed by atoms with Gasteiger partial charge in [0, 0.05) is 25.0 Å². The van der Waals surface area contributed by atoms with Crippen LogP contribution in [0.3, 0.4) is 0 Å². The Morgan fingerprint density at radius 1 is 1.43 bits per heavy atom. The minimum atomic E-state index is 0.686. The second-order valence-corrected chi connectivity index (χ2v) is 3.58. The van der Waals surface area contributed by atoms with Crippen molar-refractivity contribution in [1.82, 2.24) is 15.3 Å². The van der Waals surface area contributed by atoms with Crippen LogP contribution in [0.2, 0.25) is 0 Å². The lowest BCUT2D eigenvalue weighted by Gasteiger charge is -2.10. The van der Waals surface area contributed by atoms with Crippen LogP contribution in [0.1, 0.15) is 19.3 Å². The number of hydrogen-bond acceptors (Lipinski definition) is 4. The molecule has 1 saturated heterocycles. The van der Waals surface area contributed by atoms with Gasteiger partial charge in [-0.05, 0) is 31.9 Å². The van der Waals surface area contributed by atoms with E-state index in [2.05, 4.69) is 20.6 Å². The summed E-state index contributed by atoms with van der Waals surface area (Å²) >= 11 is 0. The van der Waals surface area contributed by atoms with Gasteiger partial charge in [-0.25, -0.2) is 9.97 Å². The second-order valence-electron chi connectivity index (χ2n) is 3.58. The summed E-state index contributed by atoms with van der Waals surface area (Å²) in [5, 5.41) is 6.67. The Morgan fingerprint density at radius 2 is 2.29 bits per heavy atom. The van der Waals surface area contributed by atoms with Crippen molar-refractivity contribution in [2.45, 2.75) is 25.3 Å². The van der Waals surface area contributed by atoms with Crippen LogP contribution in [0, 0.1) is 0 Å². The first kappa shape index (κ1) is 9.40. The van der Waals surface area contributed by atoms with Crippen molar-refractivity contribution in [2.75, 3.05) is 18.4 Å². The number of rotatable bonds is 4. The van der Waals surface area contributed by atoms with Gasteiger partial charge in [-0.3, -0.25) is 0 Å². The average molecular weight is 192 g/mol. The third-order valence-corrected chi connectivity index (χ3v) is 2.50. The largest absolute Gasteiger partial charge is 0.354 e. The van der Waals surface area contributed by atoms with E-state index in [0.717, 1.165) is 18.9 Å². The molecule has 1 aliphatic rings. The first-order valence-electron chi connectivity index (χ1n) is 5.19. The second kappa shape index (κ2) is 4.91. The van der Waals surface area contributed by atoms with Crippen LogP contribution in [0.15, 0.2) is 18.5 Å². The fourth-order valence-electron chi connectivity index (χ4n) is 1.75. The Bertz CT molecular complexity index is 256. The third kappa shape index (κ3) is 2.67. The zero-order valence-electron chi connectivity index (χ0n) is 8.24. The van der Waals surface area contributed by atoms with Crippen LogP contribution in [0.25, 0.3) is 0 Å². The van der Waals surface area contributed by atoms with Gasteiger partial charge in [-0.15, -0.1) is 0 Å². The summed E-state index contributed by atoms with van der Waals surface area (Å²) in [7, 11) is 0. The van der Waals surface area contributed by atoms with Gasteiger partial charge >= 0.3 is 0 Å². The Hall–Kier alpha value is -1.16. The van der Waals surface area contributed by atoms with Crippen LogP contribution >= 0.6 is 0 Å². The SMILES string of the molecule is c1cnc(NCC[C@H]2CCCN2)nc1. The molecule has 0 unspecified atom stereocenters. The van der Waals surface area contributed by atoms with Gasteiger partial charge in [0.25, 0.3) is 0 Å². The number of hydrogen-bond donors (Lipinski definition) is 2. The molecule has 76 valence electrons. The molecule has 0 aliphatic carbocycles. The van der Waals surface area contributed by atoms with Crippen LogP contribution in [-0.4, -0.2) is 29.1 Å². The van der Waals surface area contributed by atoms with Gasteiger partial charge < -0.3 is 10.6 Å². The topological polar surface area (TPSA) is 49.8 Å². The van der Waals surface area contributed by atoms with E-state index < -0.39 is 0 Å². The maximum Gasteiger partial charge on any atom is 0.222 e. The number of nitrogens with zero attached hydrogens (tertiary/aromatic N) is 2. The van der Waals surface area contributed by atoms with Gasteiger partial charge in [-0.2, -0.15) is 0 Å². The van der Waals surface area contributed by atoms with E-state index in [-0.39, 0.29) is 0 Å². The maximum atomic E-state index is 4.10. The average Bonchev–Trinajstić information content (AvgIpc) is 2.72. The quantitative estimate of drug-likeness (QED) is 0.748. The van der Waals surface area contributed by atoms with E-state index in [4.69, 9.17) is 0 Å². The predicted molar refractivity (Wildman–Crippen MR) is 56.2 cm³/mol. The van der Waals surface area contributed by atoms with E-state index in [1.807, 2.05) is 6.07 Å². The molecule has 1 aliphatic heterocycles. The summed E-state index contributed by atoms with van der Waals surface area (Å²) in [6.45, 7) is 2.12. The molecular formula is C10H16N4. The fourth-order valence-corrected chi connectivity index (χ4v) is 1.75. The minimum Gasteiger partial charge on any atom is -0.354 e. The van der Waals surface area contributed by atoms with Crippen molar-refractivity contribution in [2.24, 2.45) is 0 Å². The lowest BCUT2D eigenvalue weighted by molar-refractivity contribution is 0.573. The van der Waals surface area contributed by atoms with Crippen molar-refractivity contribution in [3.8, 4) is 0 Å². The first-order chi connectivity index (χ1) is 6.95. The molecule has 4 nitrogen and oxygen atoms in total. The highest BCUT2D eigenvalue weighted by Crippen LogP contribution is 2.08. The Labute approximate surface area is 84.2 Å². The van der Waals surface area contributed by atoms with Crippen molar-refractivity contribution in [3.63, 3.8) is 0 Å². The van der Waals surface area contributed by atoms with Crippen molar-refractivity contribution in [3.05, 3.63) is 18.5 Å². The molecule has 14 heavy (non-hydrogen) atoms. The zero-order valence-corrected chi connectivity index (χ0v) is 8.24. The van der Waals surface area contributed by atoms with E-state index in [1.165, 1.54) is 19.4 Å². The lowest BCUT2D eigenvalue weighted by Crippen LogP contribution is -2.24. The van der Waals surface area contributed by atoms with Crippen LogP contribution in [-0.2, 0) is 0 Å². The summed E-state index contributed by atoms with van der Waals surface area (Å²) in [5.74, 6) is 0.727. The molecule has 0 saturated carbocycles. The van der Waals surface area contributed by atoms with E-state index >= 15 is 0 Å². The normalized spacial score (nSPS) is 21.0. The minimum absolute atomic E-state index is 0.686. The van der Waals surface area contributed by atoms with E-state index in [1.54, 1.807) is 12.4 Å². The summed E-state index contributed by atoms with van der Waals surface area (Å²) in [6, 6.07) is 2.51. The third-order valence-electron chi connectivity index (χ3n) is 2.50. The molecule has 0 aromatic carbocycles. The van der Waals surface area contributed by atoms with Gasteiger partial charge in [0.05, 0.1) is 0 Å². The van der Waals surface area contributed by atoms with Gasteiger partial charge in [-0.1, -0.05) is 0 Å². The Morgan fingerprint density at radius 3 is 3.00 bits per heavy atom. The van der Waals surface area contributed by atoms with Crippen LogP contribution in [0.5, 0.6) is 0 Å². The molecule has 4 heteroatoms. The Kier molecular flexibility index (Phi) is 3.29. The fraction of sp³-hybridized carbons (Fsp3) is 0.600. The summed E-state index contributed by atoms with van der Waals surface area (Å²) < 4.78 is 0. The first-order valence-corrected chi connectivity index (χ1v) is 5.19. The standard InChI is InChI=1S/C10H16N4/c1-3-9(11-5-1)4-8-14-10-12-6-2-7-13-10/h2,6-7,9,11H,1,3-5,8H2,(H,12,13,14)/t9-/m1/s1. The van der Waals surface area contributed by atoms with Crippen molar-refractivity contribution in [1.29, 1.82) is 0 Å². The predicted octanol–water partition coefficient (Wildman–Crippen LogP) is 1.03. The van der Waals surface area contributed by atoms with Crippen molar-refractivity contribution >= 4 is 5.95 Å². The van der Waals surface area contributed by atoms with E-state index in [0.29, 0.717) is 6.04 Å². The highest BCUT2D eigenvalue weighted by molar-refractivity contribution is 5.21. The van der Waals surface area contributed by atoms with Crippen LogP contribution < -0.4 is 10.6 Å². The molecule has 1 atom stereocenters. The number of aromatic nitrogens is 2. The van der Waals surface area contributed by atoms with Gasteiger partial charge in [0.15, 0.2) is 0 Å². The molecule has 0 radical (unpaired) electrons. The maximum absolute atomic E-state index is 4.10. The number of nitrogens with one attached hydrogen (secondary N) is 2. The van der Waals surface area contributed by atoms with Gasteiger partial charge in [0.1, 0.15) is 0 Å². The molecule has 0 spiro atoms. The van der Waals surface area contributed by atoms with Crippen LogP contribution in [0.4, 0.5) is 5.95 Å². The molecule has 2 heterocycles. The highest BCUT2D eigenvalue weighted by Gasteiger charge is 2.12. The summed E-state index contributed by atoms with van der Waals surface area (Å²) in [4.78, 5) is 8.20. The lowest BCUT2D eigenvalue weighted by atomic mass is 10.1. The van der Waals surface area contributed by atoms with E-state index in [9.17, 15) is 0 Å². The molecule has 2 N–H and O–H groups in total. The molecule has 0 amide bonds. The smallest absolute Gasteiger partial charge is 0.222 e. The molecule has 2 rings (SSSR count).